The first-order valence-corrected chi connectivity index (χ1v) is 7.24. The van der Waals surface area contributed by atoms with Crippen LogP contribution in [0.15, 0.2) is 24.3 Å². The summed E-state index contributed by atoms with van der Waals surface area (Å²) in [6, 6.07) is 7.44. The highest BCUT2D eigenvalue weighted by Crippen LogP contribution is 2.36. The number of carboxylic acid groups (broad SMARTS) is 1. The van der Waals surface area contributed by atoms with Crippen molar-refractivity contribution in [3.63, 3.8) is 0 Å². The fourth-order valence-corrected chi connectivity index (χ4v) is 3.06. The molecule has 1 aromatic carbocycles. The molecule has 0 spiro atoms. The summed E-state index contributed by atoms with van der Waals surface area (Å²) in [5.74, 6) is -1.06. The van der Waals surface area contributed by atoms with Gasteiger partial charge in [0.2, 0.25) is 0 Å². The summed E-state index contributed by atoms with van der Waals surface area (Å²) in [6.07, 6.45) is -4.90. The van der Waals surface area contributed by atoms with Gasteiger partial charge in [-0.2, -0.15) is 13.2 Å². The maximum absolute atomic E-state index is 12.7. The Kier molecular flexibility index (Phi) is 3.66. The summed E-state index contributed by atoms with van der Waals surface area (Å²) < 4.78 is 38.1. The number of carbonyl (C=O) groups is 1. The average Bonchev–Trinajstić information content (AvgIpc) is 2.86. The van der Waals surface area contributed by atoms with Crippen molar-refractivity contribution in [3.8, 4) is 0 Å². The predicted octanol–water partition coefficient (Wildman–Crippen LogP) is 3.15. The normalized spacial score (nSPS) is 22.8. The number of anilines is 1. The van der Waals surface area contributed by atoms with Crippen LogP contribution in [0.1, 0.15) is 17.9 Å². The van der Waals surface area contributed by atoms with Gasteiger partial charge in [0.05, 0.1) is 5.92 Å². The molecule has 3 rings (SSSR count). The van der Waals surface area contributed by atoms with Gasteiger partial charge in [-0.3, -0.25) is 0 Å². The van der Waals surface area contributed by atoms with Crippen LogP contribution in [-0.4, -0.2) is 48.5 Å². The summed E-state index contributed by atoms with van der Waals surface area (Å²) in [4.78, 5) is 13.8. The fraction of sp³-hybridized carbons (Fsp3) is 0.533. The SMILES string of the molecule is O=C(O)N1CC(c2ccc(N3CCC(C(F)(F)F)C3)cc2)C1. The molecule has 0 radical (unpaired) electrons. The second-order valence-corrected chi connectivity index (χ2v) is 5.95. The van der Waals surface area contributed by atoms with Crippen LogP contribution in [0.25, 0.3) is 0 Å². The first kappa shape index (κ1) is 15.0. The van der Waals surface area contributed by atoms with Crippen LogP contribution in [0.4, 0.5) is 23.7 Å². The number of nitrogens with zero attached hydrogens (tertiary/aromatic N) is 2. The summed E-state index contributed by atoms with van der Waals surface area (Å²) >= 11 is 0. The lowest BCUT2D eigenvalue weighted by Crippen LogP contribution is -2.47. The van der Waals surface area contributed by atoms with Crippen LogP contribution in [-0.2, 0) is 0 Å². The van der Waals surface area contributed by atoms with E-state index in [1.165, 1.54) is 4.90 Å². The molecule has 22 heavy (non-hydrogen) atoms. The number of likely N-dealkylation sites (tertiary alicyclic amines) is 1. The molecule has 2 aliphatic heterocycles. The molecule has 2 fully saturated rings. The van der Waals surface area contributed by atoms with E-state index in [0.29, 0.717) is 19.6 Å². The maximum atomic E-state index is 12.7. The van der Waals surface area contributed by atoms with Crippen LogP contribution in [0, 0.1) is 5.92 Å². The number of hydrogen-bond acceptors (Lipinski definition) is 2. The number of alkyl halides is 3. The summed E-state index contributed by atoms with van der Waals surface area (Å²) in [5, 5.41) is 8.80. The third-order valence-corrected chi connectivity index (χ3v) is 4.53. The van der Waals surface area contributed by atoms with Gasteiger partial charge in [0.1, 0.15) is 0 Å². The van der Waals surface area contributed by atoms with E-state index in [2.05, 4.69) is 0 Å². The van der Waals surface area contributed by atoms with E-state index in [4.69, 9.17) is 5.11 Å². The Balaban J connectivity index is 1.60. The van der Waals surface area contributed by atoms with Gasteiger partial charge in [-0.15, -0.1) is 0 Å². The molecule has 1 amide bonds. The van der Waals surface area contributed by atoms with Gasteiger partial charge in [0.15, 0.2) is 0 Å². The number of halogens is 3. The number of rotatable bonds is 2. The van der Waals surface area contributed by atoms with Crippen molar-refractivity contribution in [2.75, 3.05) is 31.1 Å². The number of amides is 1. The van der Waals surface area contributed by atoms with Crippen LogP contribution >= 0.6 is 0 Å². The molecule has 1 N–H and O–H groups in total. The molecule has 1 atom stereocenters. The molecule has 0 bridgehead atoms. The Morgan fingerprint density at radius 1 is 1.14 bits per heavy atom. The first-order valence-electron chi connectivity index (χ1n) is 7.24. The van der Waals surface area contributed by atoms with Crippen LogP contribution in [0.3, 0.4) is 0 Å². The van der Waals surface area contributed by atoms with E-state index in [1.807, 2.05) is 24.3 Å². The lowest BCUT2D eigenvalue weighted by atomic mass is 9.92. The predicted molar refractivity (Wildman–Crippen MR) is 75.2 cm³/mol. The van der Waals surface area contributed by atoms with Gasteiger partial charge < -0.3 is 14.9 Å². The van der Waals surface area contributed by atoms with Gasteiger partial charge in [0, 0.05) is 37.8 Å². The molecule has 0 saturated carbocycles. The molecule has 1 aromatic rings. The van der Waals surface area contributed by atoms with Gasteiger partial charge in [-0.1, -0.05) is 12.1 Å². The third kappa shape index (κ3) is 2.84. The Labute approximate surface area is 126 Å². The van der Waals surface area contributed by atoms with Gasteiger partial charge >= 0.3 is 12.3 Å². The number of benzene rings is 1. The average molecular weight is 314 g/mol. The summed E-state index contributed by atoms with van der Waals surface area (Å²) in [5.41, 5.74) is 1.83. The number of hydrogen-bond donors (Lipinski definition) is 1. The van der Waals surface area contributed by atoms with Crippen molar-refractivity contribution in [2.24, 2.45) is 5.92 Å². The van der Waals surface area contributed by atoms with Crippen molar-refractivity contribution < 1.29 is 23.1 Å². The Hall–Kier alpha value is -1.92. The smallest absolute Gasteiger partial charge is 0.407 e. The third-order valence-electron chi connectivity index (χ3n) is 4.53. The molecule has 7 heteroatoms. The van der Waals surface area contributed by atoms with Crippen LogP contribution < -0.4 is 4.90 Å². The lowest BCUT2D eigenvalue weighted by molar-refractivity contribution is -0.168. The van der Waals surface area contributed by atoms with Crippen molar-refractivity contribution in [1.29, 1.82) is 0 Å². The zero-order valence-electron chi connectivity index (χ0n) is 11.9. The van der Waals surface area contributed by atoms with E-state index in [1.54, 1.807) is 4.90 Å². The Morgan fingerprint density at radius 3 is 2.27 bits per heavy atom. The van der Waals surface area contributed by atoms with Crippen LogP contribution in [0.5, 0.6) is 0 Å². The van der Waals surface area contributed by atoms with Gasteiger partial charge in [-0.25, -0.2) is 4.79 Å². The molecular weight excluding hydrogens is 297 g/mol. The zero-order chi connectivity index (χ0) is 15.9. The lowest BCUT2D eigenvalue weighted by Gasteiger charge is -2.37. The van der Waals surface area contributed by atoms with E-state index < -0.39 is 18.2 Å². The van der Waals surface area contributed by atoms with E-state index >= 15 is 0 Å². The Bertz CT molecular complexity index is 553. The van der Waals surface area contributed by atoms with Crippen molar-refractivity contribution in [1.82, 2.24) is 4.90 Å². The molecule has 2 heterocycles. The summed E-state index contributed by atoms with van der Waals surface area (Å²) in [7, 11) is 0. The molecule has 120 valence electrons. The minimum absolute atomic E-state index is 0.0130. The zero-order valence-corrected chi connectivity index (χ0v) is 11.9. The topological polar surface area (TPSA) is 43.8 Å². The minimum atomic E-state index is -4.12. The second-order valence-electron chi connectivity index (χ2n) is 5.95. The maximum Gasteiger partial charge on any atom is 0.407 e. The molecule has 0 aromatic heterocycles. The highest BCUT2D eigenvalue weighted by Gasteiger charge is 2.43. The molecule has 2 aliphatic rings. The van der Waals surface area contributed by atoms with E-state index in [9.17, 15) is 18.0 Å². The first-order chi connectivity index (χ1) is 10.3. The van der Waals surface area contributed by atoms with Crippen LogP contribution in [0.2, 0.25) is 0 Å². The van der Waals surface area contributed by atoms with Gasteiger partial charge in [0.25, 0.3) is 0 Å². The minimum Gasteiger partial charge on any atom is -0.465 e. The van der Waals surface area contributed by atoms with Crippen molar-refractivity contribution in [3.05, 3.63) is 29.8 Å². The van der Waals surface area contributed by atoms with E-state index in [0.717, 1.165) is 11.3 Å². The highest BCUT2D eigenvalue weighted by molar-refractivity contribution is 5.66. The molecular formula is C15H17F3N2O2. The second kappa shape index (κ2) is 5.37. The highest BCUT2D eigenvalue weighted by atomic mass is 19.4. The standard InChI is InChI=1S/C15H17F3N2O2/c16-15(17,18)12-5-6-19(9-12)13-3-1-10(2-4-13)11-7-20(8-11)14(21)22/h1-4,11-12H,5-9H2,(H,21,22). The van der Waals surface area contributed by atoms with Crippen molar-refractivity contribution in [2.45, 2.75) is 18.5 Å². The van der Waals surface area contributed by atoms with Crippen molar-refractivity contribution >= 4 is 11.8 Å². The summed E-state index contributed by atoms with van der Waals surface area (Å²) in [6.45, 7) is 1.39. The molecule has 4 nitrogen and oxygen atoms in total. The largest absolute Gasteiger partial charge is 0.465 e. The monoisotopic (exact) mass is 314 g/mol. The fourth-order valence-electron chi connectivity index (χ4n) is 3.06. The molecule has 0 aliphatic carbocycles. The van der Waals surface area contributed by atoms with Gasteiger partial charge in [-0.05, 0) is 24.1 Å². The Morgan fingerprint density at radius 2 is 1.77 bits per heavy atom. The quantitative estimate of drug-likeness (QED) is 0.912. The molecule has 2 saturated heterocycles. The molecule has 1 unspecified atom stereocenters. The van der Waals surface area contributed by atoms with E-state index in [-0.39, 0.29) is 18.9 Å².